The summed E-state index contributed by atoms with van der Waals surface area (Å²) < 4.78 is 0. The first-order chi connectivity index (χ1) is 11.2. The Bertz CT molecular complexity index is 543. The summed E-state index contributed by atoms with van der Waals surface area (Å²) in [6.07, 6.45) is 1.93. The highest BCUT2D eigenvalue weighted by Crippen LogP contribution is 2.09. The molecule has 0 spiro atoms. The number of aryl methyl sites for hydroxylation is 1. The molecule has 0 saturated heterocycles. The maximum absolute atomic E-state index is 11.7. The van der Waals surface area contributed by atoms with E-state index >= 15 is 0 Å². The predicted molar refractivity (Wildman–Crippen MR) is 97.7 cm³/mol. The second kappa shape index (κ2) is 14.4. The van der Waals surface area contributed by atoms with Crippen LogP contribution in [0.1, 0.15) is 49.5 Å². The van der Waals surface area contributed by atoms with Gasteiger partial charge in [-0.2, -0.15) is 0 Å². The van der Waals surface area contributed by atoms with Crippen LogP contribution in [0.2, 0.25) is 0 Å². The highest BCUT2D eigenvalue weighted by Gasteiger charge is 2.14. The number of thiol groups is 1. The Kier molecular flexibility index (Phi) is 14.5. The van der Waals surface area contributed by atoms with Crippen LogP contribution >= 0.6 is 12.6 Å². The second-order valence-corrected chi connectivity index (χ2v) is 5.38. The van der Waals surface area contributed by atoms with Gasteiger partial charge >= 0.3 is 0 Å². The van der Waals surface area contributed by atoms with Crippen molar-refractivity contribution in [3.8, 4) is 0 Å². The molecule has 0 heterocycles. The predicted octanol–water partition coefficient (Wildman–Crippen LogP) is 2.35. The van der Waals surface area contributed by atoms with Crippen LogP contribution in [0.15, 0.2) is 24.3 Å². The monoisotopic (exact) mass is 354 g/mol. The highest BCUT2D eigenvalue weighted by atomic mass is 32.1. The van der Waals surface area contributed by atoms with Gasteiger partial charge in [0.2, 0.25) is 12.3 Å². The summed E-state index contributed by atoms with van der Waals surface area (Å²) in [6, 6.07) is 7.23. The van der Waals surface area contributed by atoms with Gasteiger partial charge in [-0.05, 0) is 31.9 Å². The Morgan fingerprint density at radius 2 is 1.71 bits per heavy atom. The van der Waals surface area contributed by atoms with Gasteiger partial charge in [-0.25, -0.2) is 0 Å². The minimum atomic E-state index is -0.236. The largest absolute Gasteiger partial charge is 0.370 e. The molecule has 1 aromatic carbocycles. The SMILES string of the molecule is CC(=O)S.CCCC(N)=O.CCN(C=O)C(=O)c1ccccc1C. The van der Waals surface area contributed by atoms with E-state index in [-0.39, 0.29) is 16.9 Å². The van der Waals surface area contributed by atoms with Crippen LogP contribution in [0.25, 0.3) is 0 Å². The van der Waals surface area contributed by atoms with Gasteiger partial charge in [0.1, 0.15) is 0 Å². The molecule has 0 radical (unpaired) electrons. The van der Waals surface area contributed by atoms with Gasteiger partial charge in [-0.3, -0.25) is 24.1 Å². The third-order valence-electron chi connectivity index (χ3n) is 2.60. The lowest BCUT2D eigenvalue weighted by Gasteiger charge is -2.13. The Morgan fingerprint density at radius 1 is 1.21 bits per heavy atom. The van der Waals surface area contributed by atoms with Crippen LogP contribution in [-0.4, -0.2) is 34.8 Å². The number of nitrogens with two attached hydrogens (primary N) is 1. The van der Waals surface area contributed by atoms with E-state index < -0.39 is 0 Å². The number of benzene rings is 1. The van der Waals surface area contributed by atoms with Crippen molar-refractivity contribution in [3.05, 3.63) is 35.4 Å². The Labute approximate surface area is 148 Å². The quantitative estimate of drug-likeness (QED) is 0.626. The molecule has 0 bridgehead atoms. The Balaban J connectivity index is 0. The number of carbonyl (C=O) groups excluding carboxylic acids is 4. The molecule has 2 N–H and O–H groups in total. The molecule has 0 fully saturated rings. The summed E-state index contributed by atoms with van der Waals surface area (Å²) in [7, 11) is 0. The van der Waals surface area contributed by atoms with Crippen molar-refractivity contribution in [1.82, 2.24) is 4.90 Å². The number of nitrogens with zero attached hydrogens (tertiary/aromatic N) is 1. The molecule has 1 rings (SSSR count). The van der Waals surface area contributed by atoms with E-state index in [9.17, 15) is 19.2 Å². The molecule has 0 aliphatic rings. The van der Waals surface area contributed by atoms with E-state index in [2.05, 4.69) is 12.6 Å². The standard InChI is InChI=1S/C11H13NO2.C4H9NO.C2H4OS/c1-3-12(8-13)11(14)10-7-5-4-6-9(10)2;1-2-3-4(5)6;1-2(3)4/h4-8H,3H2,1-2H3;2-3H2,1H3,(H2,5,6);1H3,(H,3,4). The van der Waals surface area contributed by atoms with E-state index in [0.717, 1.165) is 16.9 Å². The van der Waals surface area contributed by atoms with Crippen molar-refractivity contribution in [1.29, 1.82) is 0 Å². The van der Waals surface area contributed by atoms with Gasteiger partial charge in [-0.1, -0.05) is 25.1 Å². The fourth-order valence-electron chi connectivity index (χ4n) is 1.48. The van der Waals surface area contributed by atoms with Gasteiger partial charge in [0.15, 0.2) is 5.12 Å². The molecule has 3 amide bonds. The lowest BCUT2D eigenvalue weighted by molar-refractivity contribution is -0.118. The van der Waals surface area contributed by atoms with Crippen molar-refractivity contribution in [2.75, 3.05) is 6.54 Å². The van der Waals surface area contributed by atoms with E-state index in [1.165, 1.54) is 6.92 Å². The number of rotatable bonds is 5. The molecule has 6 nitrogen and oxygen atoms in total. The van der Waals surface area contributed by atoms with Gasteiger partial charge in [0.25, 0.3) is 5.91 Å². The van der Waals surface area contributed by atoms with Crippen LogP contribution in [0, 0.1) is 6.92 Å². The molecule has 134 valence electrons. The fraction of sp³-hybridized carbons (Fsp3) is 0.412. The summed E-state index contributed by atoms with van der Waals surface area (Å²) >= 11 is 3.33. The zero-order valence-electron chi connectivity index (χ0n) is 14.6. The number of hydrogen-bond acceptors (Lipinski definition) is 4. The zero-order valence-corrected chi connectivity index (χ0v) is 15.5. The van der Waals surface area contributed by atoms with Gasteiger partial charge in [-0.15, -0.1) is 12.6 Å². The Hall–Kier alpha value is -2.15. The minimum Gasteiger partial charge on any atom is -0.370 e. The second-order valence-electron chi connectivity index (χ2n) is 4.75. The van der Waals surface area contributed by atoms with E-state index in [4.69, 9.17) is 5.73 Å². The number of hydrogen-bond donors (Lipinski definition) is 2. The smallest absolute Gasteiger partial charge is 0.260 e. The van der Waals surface area contributed by atoms with Crippen molar-refractivity contribution in [2.24, 2.45) is 5.73 Å². The minimum absolute atomic E-state index is 0.139. The molecular weight excluding hydrogens is 328 g/mol. The summed E-state index contributed by atoms with van der Waals surface area (Å²) in [6.45, 7) is 7.33. The van der Waals surface area contributed by atoms with Crippen molar-refractivity contribution in [2.45, 2.75) is 40.5 Å². The lowest BCUT2D eigenvalue weighted by atomic mass is 10.1. The van der Waals surface area contributed by atoms with E-state index in [1.807, 2.05) is 26.0 Å². The maximum atomic E-state index is 11.7. The fourth-order valence-corrected chi connectivity index (χ4v) is 1.48. The summed E-state index contributed by atoms with van der Waals surface area (Å²) in [5.41, 5.74) is 6.24. The van der Waals surface area contributed by atoms with Gasteiger partial charge < -0.3 is 5.73 Å². The third kappa shape index (κ3) is 12.4. The van der Waals surface area contributed by atoms with Crippen molar-refractivity contribution < 1.29 is 19.2 Å². The summed E-state index contributed by atoms with van der Waals surface area (Å²) in [5, 5.41) is -0.139. The number of amides is 3. The lowest BCUT2D eigenvalue weighted by Crippen LogP contribution is -2.29. The first-order valence-corrected chi connectivity index (χ1v) is 7.95. The zero-order chi connectivity index (χ0) is 19.1. The molecule has 0 unspecified atom stereocenters. The Morgan fingerprint density at radius 3 is 2.00 bits per heavy atom. The third-order valence-corrected chi connectivity index (χ3v) is 2.60. The average Bonchev–Trinajstić information content (AvgIpc) is 2.48. The summed E-state index contributed by atoms with van der Waals surface area (Å²) in [4.78, 5) is 42.6. The van der Waals surface area contributed by atoms with E-state index in [1.54, 1.807) is 19.1 Å². The van der Waals surface area contributed by atoms with Crippen LogP contribution in [-0.2, 0) is 14.4 Å². The van der Waals surface area contributed by atoms with Gasteiger partial charge in [0.05, 0.1) is 0 Å². The van der Waals surface area contributed by atoms with Gasteiger partial charge in [0, 0.05) is 25.5 Å². The molecule has 0 aromatic heterocycles. The maximum Gasteiger partial charge on any atom is 0.260 e. The molecule has 0 aliphatic carbocycles. The number of carbonyl (C=O) groups is 4. The molecular formula is C17H26N2O4S. The molecule has 7 heteroatoms. The van der Waals surface area contributed by atoms with E-state index in [0.29, 0.717) is 24.9 Å². The molecule has 0 aliphatic heterocycles. The topological polar surface area (TPSA) is 97.5 Å². The summed E-state index contributed by atoms with van der Waals surface area (Å²) in [5.74, 6) is -0.446. The van der Waals surface area contributed by atoms with Crippen LogP contribution in [0.4, 0.5) is 0 Å². The average molecular weight is 354 g/mol. The molecule has 0 saturated carbocycles. The van der Waals surface area contributed by atoms with Crippen molar-refractivity contribution >= 4 is 36.0 Å². The number of primary amides is 1. The van der Waals surface area contributed by atoms with Crippen LogP contribution in [0.3, 0.4) is 0 Å². The van der Waals surface area contributed by atoms with Crippen LogP contribution in [0.5, 0.6) is 0 Å². The normalized spacial score (nSPS) is 8.71. The highest BCUT2D eigenvalue weighted by molar-refractivity contribution is 7.96. The van der Waals surface area contributed by atoms with Crippen LogP contribution < -0.4 is 5.73 Å². The number of imide groups is 1. The molecule has 1 aromatic rings. The first-order valence-electron chi connectivity index (χ1n) is 7.50. The molecule has 24 heavy (non-hydrogen) atoms. The molecule has 0 atom stereocenters. The van der Waals surface area contributed by atoms with Crippen molar-refractivity contribution in [3.63, 3.8) is 0 Å². The first kappa shape index (κ1) is 24.1.